The van der Waals surface area contributed by atoms with Crippen molar-refractivity contribution in [3.05, 3.63) is 35.6 Å². The molecule has 0 aromatic heterocycles. The Morgan fingerprint density at radius 2 is 1.86 bits per heavy atom. The normalized spacial score (nSPS) is 27.1. The van der Waals surface area contributed by atoms with Crippen LogP contribution < -0.4 is 5.32 Å². The van der Waals surface area contributed by atoms with E-state index in [0.29, 0.717) is 19.6 Å². The van der Waals surface area contributed by atoms with Crippen molar-refractivity contribution in [3.8, 4) is 0 Å². The van der Waals surface area contributed by atoms with Gasteiger partial charge in [0, 0.05) is 51.6 Å². The molecule has 3 fully saturated rings. The highest BCUT2D eigenvalue weighted by Crippen LogP contribution is 2.45. The number of carbonyl (C=O) groups is 2. The first kappa shape index (κ1) is 20.0. The van der Waals surface area contributed by atoms with Crippen molar-refractivity contribution in [1.29, 1.82) is 0 Å². The molecule has 3 aliphatic rings. The highest BCUT2D eigenvalue weighted by Gasteiger charge is 2.50. The van der Waals surface area contributed by atoms with E-state index in [4.69, 9.17) is 0 Å². The van der Waals surface area contributed by atoms with Gasteiger partial charge in [0.05, 0.1) is 6.04 Å². The van der Waals surface area contributed by atoms with Crippen LogP contribution in [0.15, 0.2) is 24.3 Å². The molecule has 4 amide bonds. The SMILES string of the molecule is CN(C)C(=O)N1C[C@H]2CN(C(=O)NC3CCCCC3)C[C@H]2[C@@H]1c1cccc(F)c1. The lowest BCUT2D eigenvalue weighted by atomic mass is 9.89. The van der Waals surface area contributed by atoms with Crippen LogP contribution in [0.25, 0.3) is 0 Å². The van der Waals surface area contributed by atoms with Crippen molar-refractivity contribution in [3.63, 3.8) is 0 Å². The Kier molecular flexibility index (Phi) is 5.65. The molecule has 2 heterocycles. The van der Waals surface area contributed by atoms with Crippen LogP contribution >= 0.6 is 0 Å². The lowest BCUT2D eigenvalue weighted by molar-refractivity contribution is 0.152. The molecule has 0 spiro atoms. The summed E-state index contributed by atoms with van der Waals surface area (Å²) in [6.07, 6.45) is 5.73. The maximum Gasteiger partial charge on any atom is 0.320 e. The van der Waals surface area contributed by atoms with Crippen LogP contribution in [0.4, 0.5) is 14.0 Å². The van der Waals surface area contributed by atoms with Gasteiger partial charge in [0.25, 0.3) is 0 Å². The van der Waals surface area contributed by atoms with E-state index in [-0.39, 0.29) is 41.8 Å². The average Bonchev–Trinajstić information content (AvgIpc) is 3.26. The van der Waals surface area contributed by atoms with Crippen molar-refractivity contribution < 1.29 is 14.0 Å². The van der Waals surface area contributed by atoms with E-state index in [0.717, 1.165) is 18.4 Å². The Morgan fingerprint density at radius 1 is 1.10 bits per heavy atom. The number of hydrogen-bond acceptors (Lipinski definition) is 2. The summed E-state index contributed by atoms with van der Waals surface area (Å²) in [4.78, 5) is 30.9. The van der Waals surface area contributed by atoms with Gasteiger partial charge in [-0.2, -0.15) is 0 Å². The Bertz CT molecular complexity index is 765. The van der Waals surface area contributed by atoms with Crippen molar-refractivity contribution in [1.82, 2.24) is 20.0 Å². The maximum absolute atomic E-state index is 13.9. The van der Waals surface area contributed by atoms with E-state index in [9.17, 15) is 14.0 Å². The molecule has 0 bridgehead atoms. The van der Waals surface area contributed by atoms with Crippen LogP contribution in [0.3, 0.4) is 0 Å². The van der Waals surface area contributed by atoms with Gasteiger partial charge < -0.3 is 20.0 Å². The highest BCUT2D eigenvalue weighted by molar-refractivity contribution is 5.76. The van der Waals surface area contributed by atoms with E-state index >= 15 is 0 Å². The number of urea groups is 2. The molecule has 0 unspecified atom stereocenters. The standard InChI is InChI=1S/C22H31FN4O2/c1-25(2)22(29)27-13-16-12-26(21(28)24-18-9-4-3-5-10-18)14-19(16)20(27)15-7-6-8-17(23)11-15/h6-8,11,16,18-20H,3-5,9-10,12-14H2,1-2H3,(H,24,28)/t16-,19-,20+/m1/s1. The van der Waals surface area contributed by atoms with Crippen LogP contribution in [-0.2, 0) is 0 Å². The number of likely N-dealkylation sites (tertiary alicyclic amines) is 2. The van der Waals surface area contributed by atoms with Gasteiger partial charge in [-0.3, -0.25) is 0 Å². The van der Waals surface area contributed by atoms with Crippen LogP contribution in [0, 0.1) is 17.7 Å². The zero-order valence-electron chi connectivity index (χ0n) is 17.3. The average molecular weight is 403 g/mol. The topological polar surface area (TPSA) is 55.9 Å². The lowest BCUT2D eigenvalue weighted by Gasteiger charge is -2.32. The third-order valence-corrected chi connectivity index (χ3v) is 6.70. The number of fused-ring (bicyclic) bond motifs is 1. The summed E-state index contributed by atoms with van der Waals surface area (Å²) in [6, 6.07) is 6.54. The van der Waals surface area contributed by atoms with E-state index < -0.39 is 0 Å². The number of hydrogen-bond donors (Lipinski definition) is 1. The molecular weight excluding hydrogens is 371 g/mol. The Balaban J connectivity index is 1.51. The first-order valence-electron chi connectivity index (χ1n) is 10.7. The second-order valence-electron chi connectivity index (χ2n) is 8.94. The molecule has 1 aromatic rings. The molecule has 1 aromatic carbocycles. The summed E-state index contributed by atoms with van der Waals surface area (Å²) in [6.45, 7) is 1.84. The van der Waals surface area contributed by atoms with Gasteiger partial charge >= 0.3 is 12.1 Å². The summed E-state index contributed by atoms with van der Waals surface area (Å²) in [7, 11) is 3.48. The molecule has 2 saturated heterocycles. The van der Waals surface area contributed by atoms with Gasteiger partial charge in [0.1, 0.15) is 5.82 Å². The van der Waals surface area contributed by atoms with E-state index in [2.05, 4.69) is 5.32 Å². The predicted molar refractivity (Wildman–Crippen MR) is 109 cm³/mol. The van der Waals surface area contributed by atoms with E-state index in [1.54, 1.807) is 25.1 Å². The predicted octanol–water partition coefficient (Wildman–Crippen LogP) is 3.45. The molecular formula is C22H31FN4O2. The number of benzene rings is 1. The smallest absolute Gasteiger partial charge is 0.320 e. The molecule has 2 aliphatic heterocycles. The van der Waals surface area contributed by atoms with Crippen molar-refractivity contribution in [2.24, 2.45) is 11.8 Å². The minimum atomic E-state index is -0.298. The van der Waals surface area contributed by atoms with Crippen LogP contribution in [-0.4, -0.2) is 66.5 Å². The second-order valence-corrected chi connectivity index (χ2v) is 8.94. The summed E-state index contributed by atoms with van der Waals surface area (Å²) < 4.78 is 13.9. The van der Waals surface area contributed by atoms with E-state index in [1.165, 1.54) is 31.4 Å². The lowest BCUT2D eigenvalue weighted by Crippen LogP contribution is -2.46. The summed E-state index contributed by atoms with van der Waals surface area (Å²) in [5.41, 5.74) is 0.808. The van der Waals surface area contributed by atoms with Crippen molar-refractivity contribution >= 4 is 12.1 Å². The third kappa shape index (κ3) is 4.05. The zero-order valence-corrected chi connectivity index (χ0v) is 17.3. The fourth-order valence-electron chi connectivity index (χ4n) is 5.29. The number of carbonyl (C=O) groups excluding carboxylic acids is 2. The minimum Gasteiger partial charge on any atom is -0.335 e. The third-order valence-electron chi connectivity index (χ3n) is 6.70. The molecule has 7 heteroatoms. The van der Waals surface area contributed by atoms with Crippen molar-refractivity contribution in [2.75, 3.05) is 33.7 Å². The monoisotopic (exact) mass is 402 g/mol. The fraction of sp³-hybridized carbons (Fsp3) is 0.636. The first-order chi connectivity index (χ1) is 13.9. The fourth-order valence-corrected chi connectivity index (χ4v) is 5.29. The summed E-state index contributed by atoms with van der Waals surface area (Å²) in [5, 5.41) is 3.20. The van der Waals surface area contributed by atoms with Crippen LogP contribution in [0.2, 0.25) is 0 Å². The Morgan fingerprint density at radius 3 is 2.55 bits per heavy atom. The molecule has 4 rings (SSSR count). The van der Waals surface area contributed by atoms with Crippen molar-refractivity contribution in [2.45, 2.75) is 44.2 Å². The van der Waals surface area contributed by atoms with E-state index in [1.807, 2.05) is 15.9 Å². The Labute approximate surface area is 172 Å². The van der Waals surface area contributed by atoms with Gasteiger partial charge in [0.2, 0.25) is 0 Å². The van der Waals surface area contributed by atoms with Gasteiger partial charge in [0.15, 0.2) is 0 Å². The minimum absolute atomic E-state index is 0.00905. The number of halogens is 1. The molecule has 3 atom stereocenters. The number of nitrogens with zero attached hydrogens (tertiary/aromatic N) is 3. The number of nitrogens with one attached hydrogen (secondary N) is 1. The Hall–Kier alpha value is -2.31. The van der Waals surface area contributed by atoms with Crippen LogP contribution in [0.1, 0.15) is 43.7 Å². The molecule has 6 nitrogen and oxygen atoms in total. The maximum atomic E-state index is 13.9. The zero-order chi connectivity index (χ0) is 20.5. The van der Waals surface area contributed by atoms with Gasteiger partial charge in [-0.1, -0.05) is 31.4 Å². The molecule has 1 saturated carbocycles. The second kappa shape index (κ2) is 8.20. The number of amides is 4. The molecule has 1 aliphatic carbocycles. The molecule has 0 radical (unpaired) electrons. The number of rotatable bonds is 2. The highest BCUT2D eigenvalue weighted by atomic mass is 19.1. The van der Waals surface area contributed by atoms with Gasteiger partial charge in [-0.05, 0) is 30.5 Å². The molecule has 1 N–H and O–H groups in total. The van der Waals surface area contributed by atoms with Gasteiger partial charge in [-0.15, -0.1) is 0 Å². The molecule has 158 valence electrons. The quantitative estimate of drug-likeness (QED) is 0.824. The first-order valence-corrected chi connectivity index (χ1v) is 10.7. The van der Waals surface area contributed by atoms with Gasteiger partial charge in [-0.25, -0.2) is 14.0 Å². The summed E-state index contributed by atoms with van der Waals surface area (Å²) in [5.74, 6) is 0.0372. The molecule has 29 heavy (non-hydrogen) atoms. The largest absolute Gasteiger partial charge is 0.335 e. The van der Waals surface area contributed by atoms with Crippen LogP contribution in [0.5, 0.6) is 0 Å². The summed E-state index contributed by atoms with van der Waals surface area (Å²) >= 11 is 0.